The zero-order chi connectivity index (χ0) is 17.8. The Kier molecular flexibility index (Phi) is 5.14. The molecule has 25 heavy (non-hydrogen) atoms. The molecule has 2 amide bonds. The number of benzene rings is 2. The molecule has 2 aromatic rings. The third-order valence-corrected chi connectivity index (χ3v) is 4.57. The number of hydrogen-bond acceptors (Lipinski definition) is 3. The molecule has 5 heteroatoms. The Balaban J connectivity index is 1.72. The van der Waals surface area contributed by atoms with Gasteiger partial charge in [-0.05, 0) is 61.2 Å². The molecule has 5 nitrogen and oxygen atoms in total. The number of carbonyl (C=O) groups is 2. The summed E-state index contributed by atoms with van der Waals surface area (Å²) in [7, 11) is 0. The first kappa shape index (κ1) is 17.2. The van der Waals surface area contributed by atoms with Crippen molar-refractivity contribution in [3.8, 4) is 0 Å². The number of likely N-dealkylation sites (tertiary alicyclic amines) is 1. The van der Waals surface area contributed by atoms with Crippen LogP contribution in [0, 0.1) is 6.92 Å². The zero-order valence-corrected chi connectivity index (χ0v) is 14.4. The largest absolute Gasteiger partial charge is 0.339 e. The minimum Gasteiger partial charge on any atom is -0.339 e. The van der Waals surface area contributed by atoms with E-state index in [1.807, 2.05) is 30.0 Å². The minimum atomic E-state index is -0.176. The van der Waals surface area contributed by atoms with E-state index >= 15 is 0 Å². The lowest BCUT2D eigenvalue weighted by Gasteiger charge is -2.16. The van der Waals surface area contributed by atoms with Gasteiger partial charge in [-0.15, -0.1) is 0 Å². The van der Waals surface area contributed by atoms with Crippen LogP contribution in [0.15, 0.2) is 42.5 Å². The van der Waals surface area contributed by atoms with Gasteiger partial charge in [0.2, 0.25) is 0 Å². The van der Waals surface area contributed by atoms with Crippen LogP contribution in [0.5, 0.6) is 0 Å². The summed E-state index contributed by atoms with van der Waals surface area (Å²) in [6, 6.07) is 12.6. The molecule has 3 N–H and O–H groups in total. The summed E-state index contributed by atoms with van der Waals surface area (Å²) in [4.78, 5) is 26.7. The third-order valence-electron chi connectivity index (χ3n) is 4.57. The van der Waals surface area contributed by atoms with Gasteiger partial charge in [-0.1, -0.05) is 12.1 Å². The van der Waals surface area contributed by atoms with E-state index in [1.165, 1.54) is 0 Å². The highest BCUT2D eigenvalue weighted by molar-refractivity contribution is 6.05. The smallest absolute Gasteiger partial charge is 0.255 e. The fourth-order valence-electron chi connectivity index (χ4n) is 3.03. The lowest BCUT2D eigenvalue weighted by molar-refractivity contribution is 0.0792. The van der Waals surface area contributed by atoms with E-state index in [-0.39, 0.29) is 11.8 Å². The van der Waals surface area contributed by atoms with Gasteiger partial charge in [-0.2, -0.15) is 0 Å². The SMILES string of the molecule is Cc1cc(C(=O)N2CCCC2)ccc1NC(=O)c1ccc(CN)cc1. The van der Waals surface area contributed by atoms with Crippen molar-refractivity contribution in [2.24, 2.45) is 5.73 Å². The molecule has 0 aromatic heterocycles. The maximum Gasteiger partial charge on any atom is 0.255 e. The molecule has 1 heterocycles. The average Bonchev–Trinajstić information content (AvgIpc) is 3.17. The Morgan fingerprint density at radius 1 is 1.04 bits per heavy atom. The maximum absolute atomic E-state index is 12.4. The summed E-state index contributed by atoms with van der Waals surface area (Å²) in [6.07, 6.45) is 2.14. The van der Waals surface area contributed by atoms with Gasteiger partial charge in [0, 0.05) is 36.4 Å². The van der Waals surface area contributed by atoms with Gasteiger partial charge < -0.3 is 16.0 Å². The van der Waals surface area contributed by atoms with Gasteiger partial charge >= 0.3 is 0 Å². The van der Waals surface area contributed by atoms with Crippen LogP contribution in [0.4, 0.5) is 5.69 Å². The molecule has 1 fully saturated rings. The number of carbonyl (C=O) groups excluding carboxylic acids is 2. The number of nitrogens with zero attached hydrogens (tertiary/aromatic N) is 1. The molecule has 0 bridgehead atoms. The van der Waals surface area contributed by atoms with Crippen molar-refractivity contribution in [2.75, 3.05) is 18.4 Å². The molecule has 0 unspecified atom stereocenters. The van der Waals surface area contributed by atoms with Crippen molar-refractivity contribution in [2.45, 2.75) is 26.3 Å². The van der Waals surface area contributed by atoms with Crippen molar-refractivity contribution in [1.82, 2.24) is 4.90 Å². The quantitative estimate of drug-likeness (QED) is 0.901. The Bertz CT molecular complexity index is 778. The third kappa shape index (κ3) is 3.88. The average molecular weight is 337 g/mol. The molecule has 1 saturated heterocycles. The summed E-state index contributed by atoms with van der Waals surface area (Å²) >= 11 is 0. The lowest BCUT2D eigenvalue weighted by Crippen LogP contribution is -2.27. The number of rotatable bonds is 4. The van der Waals surface area contributed by atoms with E-state index in [0.717, 1.165) is 37.1 Å². The second-order valence-corrected chi connectivity index (χ2v) is 6.38. The molecule has 0 radical (unpaired) electrons. The van der Waals surface area contributed by atoms with E-state index in [9.17, 15) is 9.59 Å². The molecule has 3 rings (SSSR count). The number of nitrogens with two attached hydrogens (primary N) is 1. The second-order valence-electron chi connectivity index (χ2n) is 6.38. The normalized spacial score (nSPS) is 13.8. The van der Waals surface area contributed by atoms with Crippen LogP contribution in [0.1, 0.15) is 44.7 Å². The molecule has 130 valence electrons. The molecule has 0 spiro atoms. The van der Waals surface area contributed by atoms with Crippen LogP contribution in [0.2, 0.25) is 0 Å². The van der Waals surface area contributed by atoms with Gasteiger partial charge in [-0.3, -0.25) is 9.59 Å². The summed E-state index contributed by atoms with van der Waals surface area (Å²) in [5, 5.41) is 2.90. The van der Waals surface area contributed by atoms with Crippen LogP contribution in [0.25, 0.3) is 0 Å². The molecule has 1 aliphatic heterocycles. The molecule has 0 aliphatic carbocycles. The van der Waals surface area contributed by atoms with Crippen LogP contribution < -0.4 is 11.1 Å². The van der Waals surface area contributed by atoms with E-state index in [2.05, 4.69) is 5.32 Å². The monoisotopic (exact) mass is 337 g/mol. The number of anilines is 1. The molecular formula is C20H23N3O2. The highest BCUT2D eigenvalue weighted by Gasteiger charge is 2.20. The summed E-state index contributed by atoms with van der Waals surface area (Å²) in [5.74, 6) is -0.110. The first-order chi connectivity index (χ1) is 12.1. The van der Waals surface area contributed by atoms with Crippen LogP contribution in [-0.4, -0.2) is 29.8 Å². The van der Waals surface area contributed by atoms with Crippen LogP contribution in [-0.2, 0) is 6.54 Å². The van der Waals surface area contributed by atoms with Crippen molar-refractivity contribution in [1.29, 1.82) is 0 Å². The van der Waals surface area contributed by atoms with E-state index < -0.39 is 0 Å². The van der Waals surface area contributed by atoms with Gasteiger partial charge in [-0.25, -0.2) is 0 Å². The summed E-state index contributed by atoms with van der Waals surface area (Å²) in [5.41, 5.74) is 9.39. The van der Waals surface area contributed by atoms with Crippen molar-refractivity contribution >= 4 is 17.5 Å². The Labute approximate surface area is 147 Å². The summed E-state index contributed by atoms with van der Waals surface area (Å²) in [6.45, 7) is 4.01. The van der Waals surface area contributed by atoms with Crippen LogP contribution >= 0.6 is 0 Å². The highest BCUT2D eigenvalue weighted by atomic mass is 16.2. The van der Waals surface area contributed by atoms with Crippen LogP contribution in [0.3, 0.4) is 0 Å². The Morgan fingerprint density at radius 3 is 2.28 bits per heavy atom. The molecule has 2 aromatic carbocycles. The summed E-state index contributed by atoms with van der Waals surface area (Å²) < 4.78 is 0. The predicted molar refractivity (Wildman–Crippen MR) is 98.6 cm³/mol. The Hall–Kier alpha value is -2.66. The van der Waals surface area contributed by atoms with E-state index in [0.29, 0.717) is 23.4 Å². The standard InChI is InChI=1S/C20H23N3O2/c1-14-12-17(20(25)23-10-2-3-11-23)8-9-18(14)22-19(24)16-6-4-15(13-21)5-7-16/h4-9,12H,2-3,10-11,13,21H2,1H3,(H,22,24). The van der Waals surface area contributed by atoms with Crippen molar-refractivity contribution in [3.05, 3.63) is 64.7 Å². The molecular weight excluding hydrogens is 314 g/mol. The van der Waals surface area contributed by atoms with E-state index in [4.69, 9.17) is 5.73 Å². The highest BCUT2D eigenvalue weighted by Crippen LogP contribution is 2.20. The molecule has 1 aliphatic rings. The Morgan fingerprint density at radius 2 is 1.68 bits per heavy atom. The van der Waals surface area contributed by atoms with Gasteiger partial charge in [0.25, 0.3) is 11.8 Å². The minimum absolute atomic E-state index is 0.0656. The lowest BCUT2D eigenvalue weighted by atomic mass is 10.1. The fourth-order valence-corrected chi connectivity index (χ4v) is 3.03. The number of nitrogens with one attached hydrogen (secondary N) is 1. The van der Waals surface area contributed by atoms with Gasteiger partial charge in [0.15, 0.2) is 0 Å². The fraction of sp³-hybridized carbons (Fsp3) is 0.300. The van der Waals surface area contributed by atoms with Crippen molar-refractivity contribution < 1.29 is 9.59 Å². The van der Waals surface area contributed by atoms with Gasteiger partial charge in [0.1, 0.15) is 0 Å². The second kappa shape index (κ2) is 7.49. The molecule has 0 saturated carbocycles. The topological polar surface area (TPSA) is 75.4 Å². The number of hydrogen-bond donors (Lipinski definition) is 2. The number of amides is 2. The number of aryl methyl sites for hydroxylation is 1. The van der Waals surface area contributed by atoms with Crippen molar-refractivity contribution in [3.63, 3.8) is 0 Å². The van der Waals surface area contributed by atoms with Gasteiger partial charge in [0.05, 0.1) is 0 Å². The maximum atomic E-state index is 12.4. The molecule has 0 atom stereocenters. The van der Waals surface area contributed by atoms with E-state index in [1.54, 1.807) is 24.3 Å². The first-order valence-corrected chi connectivity index (χ1v) is 8.59. The zero-order valence-electron chi connectivity index (χ0n) is 14.4. The first-order valence-electron chi connectivity index (χ1n) is 8.59. The predicted octanol–water partition coefficient (Wildman–Crippen LogP) is 2.94.